The van der Waals surface area contributed by atoms with Gasteiger partial charge in [-0.25, -0.2) is 4.79 Å². The molecule has 2 aliphatic carbocycles. The lowest BCUT2D eigenvalue weighted by Gasteiger charge is -2.53. The molecular weight excluding hydrogens is 406 g/mol. The molecule has 6 heteroatoms. The highest BCUT2D eigenvalue weighted by Crippen LogP contribution is 2.62. The van der Waals surface area contributed by atoms with Gasteiger partial charge in [-0.15, -0.1) is 0 Å². The summed E-state index contributed by atoms with van der Waals surface area (Å²) < 4.78 is 13.1. The maximum Gasteiger partial charge on any atom is 0.330 e. The van der Waals surface area contributed by atoms with Gasteiger partial charge in [0.1, 0.15) is 18.3 Å². The molecule has 1 amide bonds. The molecule has 0 aromatic carbocycles. The van der Waals surface area contributed by atoms with Gasteiger partial charge in [0, 0.05) is 18.4 Å². The molecule has 32 heavy (non-hydrogen) atoms. The van der Waals surface area contributed by atoms with E-state index >= 15 is 0 Å². The third kappa shape index (κ3) is 4.02. The fourth-order valence-corrected chi connectivity index (χ4v) is 7.28. The molecule has 0 aromatic heterocycles. The van der Waals surface area contributed by atoms with Crippen molar-refractivity contribution < 1.29 is 24.2 Å². The number of aliphatic hydroxyl groups is 1. The van der Waals surface area contributed by atoms with E-state index in [0.717, 1.165) is 25.7 Å². The molecule has 4 aliphatic rings. The Labute approximate surface area is 192 Å². The highest BCUT2D eigenvalue weighted by Gasteiger charge is 2.71. The summed E-state index contributed by atoms with van der Waals surface area (Å²) in [7, 11) is 0. The topological polar surface area (TPSA) is 84.9 Å². The summed E-state index contributed by atoms with van der Waals surface area (Å²) in [6.07, 6.45) is 12.1. The molecule has 2 heterocycles. The number of esters is 1. The van der Waals surface area contributed by atoms with Crippen LogP contribution >= 0.6 is 0 Å². The Balaban J connectivity index is 1.61. The fraction of sp³-hybridized carbons (Fsp3) is 0.846. The molecule has 2 saturated carbocycles. The number of amides is 1. The van der Waals surface area contributed by atoms with Crippen molar-refractivity contribution in [2.24, 2.45) is 29.6 Å². The minimum atomic E-state index is -0.643. The van der Waals surface area contributed by atoms with Crippen molar-refractivity contribution >= 4 is 11.9 Å². The predicted octanol–water partition coefficient (Wildman–Crippen LogP) is 3.76. The lowest BCUT2D eigenvalue weighted by Crippen LogP contribution is -2.63. The highest BCUT2D eigenvalue weighted by atomic mass is 16.6. The van der Waals surface area contributed by atoms with Gasteiger partial charge >= 0.3 is 5.97 Å². The van der Waals surface area contributed by atoms with E-state index in [4.69, 9.17) is 9.47 Å². The van der Waals surface area contributed by atoms with Crippen molar-refractivity contribution in [3.05, 3.63) is 12.2 Å². The first-order valence-corrected chi connectivity index (χ1v) is 12.7. The van der Waals surface area contributed by atoms with Gasteiger partial charge in [0.2, 0.25) is 5.91 Å². The third-order valence-electron chi connectivity index (χ3n) is 9.10. The Hall–Kier alpha value is -1.40. The number of hydrogen-bond acceptors (Lipinski definition) is 5. The second kappa shape index (κ2) is 9.09. The molecule has 0 aromatic rings. The van der Waals surface area contributed by atoms with E-state index in [9.17, 15) is 14.7 Å². The fourth-order valence-electron chi connectivity index (χ4n) is 7.28. The Morgan fingerprint density at radius 2 is 1.91 bits per heavy atom. The predicted molar refractivity (Wildman–Crippen MR) is 122 cm³/mol. The first kappa shape index (κ1) is 23.7. The van der Waals surface area contributed by atoms with Crippen LogP contribution in [0.3, 0.4) is 0 Å². The van der Waals surface area contributed by atoms with E-state index in [1.807, 2.05) is 6.08 Å². The third-order valence-corrected chi connectivity index (χ3v) is 9.10. The molecule has 2 bridgehead atoms. The maximum atomic E-state index is 13.0. The van der Waals surface area contributed by atoms with E-state index in [0.29, 0.717) is 18.3 Å². The number of allylic oxidation sites excluding steroid dienone is 1. The van der Waals surface area contributed by atoms with E-state index < -0.39 is 17.8 Å². The summed E-state index contributed by atoms with van der Waals surface area (Å²) >= 11 is 0. The molecule has 2 saturated heterocycles. The van der Waals surface area contributed by atoms with Crippen LogP contribution in [0.4, 0.5) is 0 Å². The van der Waals surface area contributed by atoms with Crippen LogP contribution in [0.15, 0.2) is 12.2 Å². The monoisotopic (exact) mass is 447 g/mol. The number of nitrogens with one attached hydrogen (secondary N) is 1. The summed E-state index contributed by atoms with van der Waals surface area (Å²) in [5, 5.41) is 12.4. The maximum absolute atomic E-state index is 13.0. The Bertz CT molecular complexity index is 744. The molecule has 4 fully saturated rings. The molecule has 4 rings (SSSR count). The van der Waals surface area contributed by atoms with Gasteiger partial charge in [-0.05, 0) is 56.3 Å². The van der Waals surface area contributed by atoms with Crippen molar-refractivity contribution in [1.82, 2.24) is 5.32 Å². The number of rotatable bonds is 6. The average molecular weight is 448 g/mol. The molecule has 7 atom stereocenters. The lowest BCUT2D eigenvalue weighted by molar-refractivity contribution is -0.259. The van der Waals surface area contributed by atoms with Gasteiger partial charge in [0.25, 0.3) is 0 Å². The largest absolute Gasteiger partial charge is 0.456 e. The smallest absolute Gasteiger partial charge is 0.330 e. The van der Waals surface area contributed by atoms with Crippen LogP contribution < -0.4 is 5.32 Å². The zero-order valence-electron chi connectivity index (χ0n) is 20.1. The molecular formula is C26H41NO5. The number of ether oxygens (including phenoxy) is 2. The van der Waals surface area contributed by atoms with E-state index in [-0.39, 0.29) is 41.8 Å². The van der Waals surface area contributed by atoms with Gasteiger partial charge in [-0.1, -0.05) is 46.1 Å². The quantitative estimate of drug-likeness (QED) is 0.478. The minimum absolute atomic E-state index is 0.117. The van der Waals surface area contributed by atoms with Gasteiger partial charge in [-0.2, -0.15) is 0 Å². The minimum Gasteiger partial charge on any atom is -0.456 e. The molecule has 6 nitrogen and oxygen atoms in total. The average Bonchev–Trinajstić information content (AvgIpc) is 3.28. The summed E-state index contributed by atoms with van der Waals surface area (Å²) in [6, 6.07) is -0.205. The van der Waals surface area contributed by atoms with Crippen LogP contribution in [-0.4, -0.2) is 46.9 Å². The summed E-state index contributed by atoms with van der Waals surface area (Å²) in [5.74, 6) is 0.783. The van der Waals surface area contributed by atoms with E-state index in [2.05, 4.69) is 33.0 Å². The van der Waals surface area contributed by atoms with Gasteiger partial charge in [0.15, 0.2) is 0 Å². The molecule has 7 unspecified atom stereocenters. The van der Waals surface area contributed by atoms with Crippen LogP contribution in [0.1, 0.15) is 79.1 Å². The molecule has 2 aliphatic heterocycles. The van der Waals surface area contributed by atoms with Crippen molar-refractivity contribution in [2.75, 3.05) is 6.61 Å². The number of carbonyl (C=O) groups excluding carboxylic acids is 2. The van der Waals surface area contributed by atoms with Crippen molar-refractivity contribution in [3.63, 3.8) is 0 Å². The van der Waals surface area contributed by atoms with E-state index in [1.54, 1.807) is 6.08 Å². The Morgan fingerprint density at radius 3 is 2.56 bits per heavy atom. The van der Waals surface area contributed by atoms with Crippen LogP contribution in [0.5, 0.6) is 0 Å². The first-order chi connectivity index (χ1) is 15.2. The first-order valence-electron chi connectivity index (χ1n) is 12.7. The number of hydrogen-bond donors (Lipinski definition) is 2. The zero-order valence-corrected chi connectivity index (χ0v) is 20.1. The lowest BCUT2D eigenvalue weighted by atomic mass is 9.69. The van der Waals surface area contributed by atoms with Crippen molar-refractivity contribution in [2.45, 2.75) is 102 Å². The van der Waals surface area contributed by atoms with Crippen LogP contribution in [0.25, 0.3) is 0 Å². The second-order valence-electron chi connectivity index (χ2n) is 11.2. The molecule has 0 radical (unpaired) electrons. The van der Waals surface area contributed by atoms with Gasteiger partial charge in [0.05, 0.1) is 11.6 Å². The Morgan fingerprint density at radius 1 is 1.19 bits per heavy atom. The number of aliphatic hydroxyl groups excluding tert-OH is 1. The molecule has 180 valence electrons. The second-order valence-corrected chi connectivity index (χ2v) is 11.2. The van der Waals surface area contributed by atoms with Gasteiger partial charge < -0.3 is 19.9 Å². The SMILES string of the molecule is CC1CCC2C1C(OC(=O)C=CC1CCCCC1)C1(C(C)C)CC(NC(=O)CO)C2(C)O1. The van der Waals surface area contributed by atoms with Crippen LogP contribution in [0, 0.1) is 29.6 Å². The molecule has 2 N–H and O–H groups in total. The highest BCUT2D eigenvalue weighted by molar-refractivity contribution is 5.82. The molecule has 0 spiro atoms. The number of fused-ring (bicyclic) bond motifs is 4. The number of carbonyl (C=O) groups is 2. The Kier molecular flexibility index (Phi) is 6.75. The summed E-state index contributed by atoms with van der Waals surface area (Å²) in [6.45, 7) is 8.07. The summed E-state index contributed by atoms with van der Waals surface area (Å²) in [5.41, 5.74) is -1.17. The summed E-state index contributed by atoms with van der Waals surface area (Å²) in [4.78, 5) is 25.1. The normalized spacial score (nSPS) is 41.8. The standard InChI is InChI=1S/C26H41NO5/c1-16(2)26-14-20(27-21(29)15-28)25(4,32-26)19-12-10-17(3)23(19)24(26)31-22(30)13-11-18-8-6-5-7-9-18/h11,13,16-20,23-24,28H,5-10,12,14-15H2,1-4H3,(H,27,29). The van der Waals surface area contributed by atoms with Crippen molar-refractivity contribution in [3.8, 4) is 0 Å². The van der Waals surface area contributed by atoms with E-state index in [1.165, 1.54) is 19.3 Å². The van der Waals surface area contributed by atoms with Gasteiger partial charge in [-0.3, -0.25) is 4.79 Å². The van der Waals surface area contributed by atoms with Crippen LogP contribution in [-0.2, 0) is 19.1 Å². The zero-order chi connectivity index (χ0) is 23.1. The van der Waals surface area contributed by atoms with Crippen molar-refractivity contribution in [1.29, 1.82) is 0 Å². The van der Waals surface area contributed by atoms with Crippen LogP contribution in [0.2, 0.25) is 0 Å².